The van der Waals surface area contributed by atoms with Crippen LogP contribution in [0.3, 0.4) is 0 Å². The Balaban J connectivity index is 1.50. The normalized spacial score (nSPS) is 19.4. The standard InChI is InChI=1S/C21H23F2N3O3S/c22-16-3-1-15(2-4-16)20(21(27)24-18-7-8-18)25-11-13-26(14-12-25)30(28,29)19-9-5-17(23)6-10-19/h1-6,9-10,18,20H,7-8,11-14H2,(H,24,27)/t20-/m0/s1. The van der Waals surface area contributed by atoms with Crippen molar-refractivity contribution in [1.82, 2.24) is 14.5 Å². The van der Waals surface area contributed by atoms with Crippen LogP contribution in [0, 0.1) is 11.6 Å². The van der Waals surface area contributed by atoms with Crippen LogP contribution in [0.1, 0.15) is 24.4 Å². The summed E-state index contributed by atoms with van der Waals surface area (Å²) in [6.45, 7) is 1.10. The maximum atomic E-state index is 13.4. The lowest BCUT2D eigenvalue weighted by Crippen LogP contribution is -2.52. The zero-order valence-corrected chi connectivity index (χ0v) is 17.1. The van der Waals surface area contributed by atoms with E-state index in [1.807, 2.05) is 4.90 Å². The zero-order chi connectivity index (χ0) is 21.3. The second-order valence-electron chi connectivity index (χ2n) is 7.63. The van der Waals surface area contributed by atoms with Crippen LogP contribution >= 0.6 is 0 Å². The van der Waals surface area contributed by atoms with E-state index in [9.17, 15) is 22.0 Å². The van der Waals surface area contributed by atoms with Gasteiger partial charge >= 0.3 is 0 Å². The molecule has 1 heterocycles. The van der Waals surface area contributed by atoms with E-state index >= 15 is 0 Å². The third-order valence-electron chi connectivity index (χ3n) is 5.45. The first kappa shape index (κ1) is 20.9. The number of hydrogen-bond donors (Lipinski definition) is 1. The number of hydrogen-bond acceptors (Lipinski definition) is 4. The number of carbonyl (C=O) groups excluding carboxylic acids is 1. The van der Waals surface area contributed by atoms with Gasteiger partial charge in [0.05, 0.1) is 4.90 Å². The minimum Gasteiger partial charge on any atom is -0.352 e. The molecule has 6 nitrogen and oxygen atoms in total. The molecular weight excluding hydrogens is 412 g/mol. The van der Waals surface area contributed by atoms with Crippen molar-refractivity contribution < 1.29 is 22.0 Å². The van der Waals surface area contributed by atoms with E-state index in [2.05, 4.69) is 5.32 Å². The Hall–Kier alpha value is -2.36. The Labute approximate surface area is 174 Å². The van der Waals surface area contributed by atoms with E-state index in [-0.39, 0.29) is 35.8 Å². The highest BCUT2D eigenvalue weighted by atomic mass is 32.2. The van der Waals surface area contributed by atoms with Crippen molar-refractivity contribution in [1.29, 1.82) is 0 Å². The molecule has 1 aliphatic heterocycles. The van der Waals surface area contributed by atoms with Crippen molar-refractivity contribution >= 4 is 15.9 Å². The summed E-state index contributed by atoms with van der Waals surface area (Å²) in [4.78, 5) is 14.9. The van der Waals surface area contributed by atoms with Crippen molar-refractivity contribution in [2.45, 2.75) is 29.8 Å². The number of rotatable bonds is 6. The lowest BCUT2D eigenvalue weighted by molar-refractivity contribution is -0.127. The molecule has 160 valence electrons. The minimum absolute atomic E-state index is 0.0407. The third kappa shape index (κ3) is 4.53. The lowest BCUT2D eigenvalue weighted by Gasteiger charge is -2.38. The number of amides is 1. The summed E-state index contributed by atoms with van der Waals surface area (Å²) < 4.78 is 53.5. The lowest BCUT2D eigenvalue weighted by atomic mass is 10.0. The molecule has 0 unspecified atom stereocenters. The number of nitrogens with zero attached hydrogens (tertiary/aromatic N) is 2. The maximum Gasteiger partial charge on any atom is 0.243 e. The predicted octanol–water partition coefficient (Wildman–Crippen LogP) is 2.29. The molecule has 4 rings (SSSR count). The van der Waals surface area contributed by atoms with Crippen LogP contribution < -0.4 is 5.32 Å². The van der Waals surface area contributed by atoms with Crippen LogP contribution in [-0.4, -0.2) is 55.8 Å². The molecule has 1 atom stereocenters. The van der Waals surface area contributed by atoms with Crippen LogP contribution in [-0.2, 0) is 14.8 Å². The average molecular weight is 435 g/mol. The fraction of sp³-hybridized carbons (Fsp3) is 0.381. The van der Waals surface area contributed by atoms with Gasteiger partial charge in [-0.15, -0.1) is 0 Å². The van der Waals surface area contributed by atoms with E-state index in [1.54, 1.807) is 12.1 Å². The van der Waals surface area contributed by atoms with E-state index in [4.69, 9.17) is 0 Å². The fourth-order valence-electron chi connectivity index (χ4n) is 3.64. The summed E-state index contributed by atoms with van der Waals surface area (Å²) in [6, 6.07) is 10.1. The second-order valence-corrected chi connectivity index (χ2v) is 9.57. The van der Waals surface area contributed by atoms with Crippen LogP contribution in [0.25, 0.3) is 0 Å². The van der Waals surface area contributed by atoms with E-state index in [1.165, 1.54) is 28.6 Å². The molecular formula is C21H23F2N3O3S. The van der Waals surface area contributed by atoms with Crippen molar-refractivity contribution in [2.24, 2.45) is 0 Å². The predicted molar refractivity (Wildman–Crippen MR) is 107 cm³/mol. The van der Waals surface area contributed by atoms with Crippen LogP contribution in [0.4, 0.5) is 8.78 Å². The fourth-order valence-corrected chi connectivity index (χ4v) is 5.06. The highest BCUT2D eigenvalue weighted by molar-refractivity contribution is 7.89. The molecule has 0 bridgehead atoms. The summed E-state index contributed by atoms with van der Waals surface area (Å²) in [5, 5.41) is 3.00. The van der Waals surface area contributed by atoms with Gasteiger partial charge in [-0.25, -0.2) is 17.2 Å². The summed E-state index contributed by atoms with van der Waals surface area (Å²) in [7, 11) is -3.74. The number of sulfonamides is 1. The molecule has 1 amide bonds. The van der Waals surface area contributed by atoms with Gasteiger partial charge in [0.1, 0.15) is 17.7 Å². The Kier molecular flexibility index (Phi) is 5.86. The van der Waals surface area contributed by atoms with E-state index in [0.717, 1.165) is 25.0 Å². The number of benzene rings is 2. The molecule has 0 spiro atoms. The topological polar surface area (TPSA) is 69.7 Å². The smallest absolute Gasteiger partial charge is 0.243 e. The minimum atomic E-state index is -3.74. The van der Waals surface area contributed by atoms with E-state index in [0.29, 0.717) is 18.7 Å². The second kappa shape index (κ2) is 8.41. The molecule has 0 radical (unpaired) electrons. The zero-order valence-electron chi connectivity index (χ0n) is 16.3. The summed E-state index contributed by atoms with van der Waals surface area (Å²) in [6.07, 6.45) is 1.90. The van der Waals surface area contributed by atoms with Gasteiger partial charge in [-0.05, 0) is 54.8 Å². The van der Waals surface area contributed by atoms with Gasteiger partial charge in [-0.2, -0.15) is 4.31 Å². The highest BCUT2D eigenvalue weighted by Gasteiger charge is 2.36. The summed E-state index contributed by atoms with van der Waals surface area (Å²) >= 11 is 0. The Bertz CT molecular complexity index is 1000. The SMILES string of the molecule is O=C(NC1CC1)[C@H](c1ccc(F)cc1)N1CCN(S(=O)(=O)c2ccc(F)cc2)CC1. The van der Waals surface area contributed by atoms with Crippen LogP contribution in [0.2, 0.25) is 0 Å². The van der Waals surface area contributed by atoms with Gasteiger partial charge in [0, 0.05) is 32.2 Å². The monoisotopic (exact) mass is 435 g/mol. The first-order valence-corrected chi connectivity index (χ1v) is 11.3. The Morgan fingerprint density at radius 2 is 1.43 bits per heavy atom. The molecule has 1 saturated heterocycles. The van der Waals surface area contributed by atoms with Gasteiger partial charge in [0.25, 0.3) is 0 Å². The summed E-state index contributed by atoms with van der Waals surface area (Å²) in [5.74, 6) is -1.03. The molecule has 2 fully saturated rings. The Morgan fingerprint density at radius 1 is 0.900 bits per heavy atom. The van der Waals surface area contributed by atoms with Crippen LogP contribution in [0.15, 0.2) is 53.4 Å². The van der Waals surface area contributed by atoms with E-state index < -0.39 is 21.9 Å². The molecule has 1 aliphatic carbocycles. The molecule has 2 aliphatic rings. The molecule has 30 heavy (non-hydrogen) atoms. The average Bonchev–Trinajstić information content (AvgIpc) is 3.54. The maximum absolute atomic E-state index is 13.4. The van der Waals surface area contributed by atoms with Gasteiger partial charge < -0.3 is 5.32 Å². The number of carbonyl (C=O) groups is 1. The first-order chi connectivity index (χ1) is 14.3. The van der Waals surface area contributed by atoms with Gasteiger partial charge in [-0.3, -0.25) is 9.69 Å². The molecule has 1 N–H and O–H groups in total. The van der Waals surface area contributed by atoms with Gasteiger partial charge in [0.15, 0.2) is 0 Å². The summed E-state index contributed by atoms with van der Waals surface area (Å²) in [5.41, 5.74) is 0.671. The van der Waals surface area contributed by atoms with Crippen molar-refractivity contribution in [2.75, 3.05) is 26.2 Å². The molecule has 1 saturated carbocycles. The number of nitrogens with one attached hydrogen (secondary N) is 1. The molecule has 9 heteroatoms. The largest absolute Gasteiger partial charge is 0.352 e. The first-order valence-electron chi connectivity index (χ1n) is 9.90. The van der Waals surface area contributed by atoms with Crippen molar-refractivity contribution in [3.8, 4) is 0 Å². The molecule has 0 aromatic heterocycles. The van der Waals surface area contributed by atoms with Gasteiger partial charge in [0.2, 0.25) is 15.9 Å². The van der Waals surface area contributed by atoms with Crippen molar-refractivity contribution in [3.05, 3.63) is 65.7 Å². The van der Waals surface area contributed by atoms with Gasteiger partial charge in [-0.1, -0.05) is 12.1 Å². The van der Waals surface area contributed by atoms with Crippen molar-refractivity contribution in [3.63, 3.8) is 0 Å². The highest BCUT2D eigenvalue weighted by Crippen LogP contribution is 2.27. The molecule has 2 aromatic carbocycles. The Morgan fingerprint density at radius 3 is 1.97 bits per heavy atom. The number of halogens is 2. The number of piperazine rings is 1. The quantitative estimate of drug-likeness (QED) is 0.756. The van der Waals surface area contributed by atoms with Crippen LogP contribution in [0.5, 0.6) is 0 Å². The third-order valence-corrected chi connectivity index (χ3v) is 7.36. The molecule has 2 aromatic rings.